The maximum absolute atomic E-state index is 11.8. The highest BCUT2D eigenvalue weighted by molar-refractivity contribution is 6.74. The predicted octanol–water partition coefficient (Wildman–Crippen LogP) is 4.41. The van der Waals surface area contributed by atoms with Crippen LogP contribution in [0.1, 0.15) is 72.6 Å². The fourth-order valence-electron chi connectivity index (χ4n) is 2.70. The summed E-state index contributed by atoms with van der Waals surface area (Å²) >= 11 is 0. The molecular weight excluding hydrogens is 308 g/mol. The first kappa shape index (κ1) is 20.7. The zero-order valence-corrected chi connectivity index (χ0v) is 16.9. The maximum atomic E-state index is 11.8. The van der Waals surface area contributed by atoms with Crippen molar-refractivity contribution in [2.75, 3.05) is 0 Å². The molecule has 0 bridgehead atoms. The first-order valence-corrected chi connectivity index (χ1v) is 12.0. The lowest BCUT2D eigenvalue weighted by molar-refractivity contribution is -0.150. The third kappa shape index (κ3) is 7.35. The summed E-state index contributed by atoms with van der Waals surface area (Å²) in [5, 5.41) is 10.1. The predicted molar refractivity (Wildman–Crippen MR) is 95.9 cm³/mol. The van der Waals surface area contributed by atoms with Crippen molar-refractivity contribution in [3.63, 3.8) is 0 Å². The Hall–Kier alpha value is -0.393. The van der Waals surface area contributed by atoms with Crippen molar-refractivity contribution < 1.29 is 19.1 Å². The number of hydrogen-bond acceptors (Lipinski definition) is 4. The summed E-state index contributed by atoms with van der Waals surface area (Å²) < 4.78 is 12.1. The van der Waals surface area contributed by atoms with Crippen LogP contribution in [-0.4, -0.2) is 37.7 Å². The van der Waals surface area contributed by atoms with Crippen molar-refractivity contribution in [1.29, 1.82) is 0 Å². The first-order chi connectivity index (χ1) is 10.5. The van der Waals surface area contributed by atoms with Gasteiger partial charge >= 0.3 is 5.97 Å². The minimum atomic E-state index is -1.83. The molecule has 0 amide bonds. The molecule has 0 aliphatic carbocycles. The average Bonchev–Trinajstić information content (AvgIpc) is 2.38. The van der Waals surface area contributed by atoms with Crippen LogP contribution in [0.5, 0.6) is 0 Å². The summed E-state index contributed by atoms with van der Waals surface area (Å²) in [7, 11) is -1.83. The van der Waals surface area contributed by atoms with Crippen molar-refractivity contribution in [3.05, 3.63) is 0 Å². The van der Waals surface area contributed by atoms with E-state index in [1.54, 1.807) is 0 Å². The molecule has 1 fully saturated rings. The number of aliphatic hydroxyl groups is 1. The number of cyclic esters (lactones) is 1. The Morgan fingerprint density at radius 3 is 2.39 bits per heavy atom. The number of carbonyl (C=O) groups excluding carboxylic acids is 1. The molecule has 4 nitrogen and oxygen atoms in total. The van der Waals surface area contributed by atoms with Crippen LogP contribution in [0, 0.1) is 0 Å². The average molecular weight is 345 g/mol. The quantitative estimate of drug-likeness (QED) is 0.595. The highest BCUT2D eigenvalue weighted by atomic mass is 28.4. The second-order valence-corrected chi connectivity index (χ2v) is 13.3. The Labute approximate surface area is 143 Å². The molecule has 5 heteroatoms. The van der Waals surface area contributed by atoms with Crippen LogP contribution in [0.25, 0.3) is 0 Å². The van der Waals surface area contributed by atoms with E-state index in [0.717, 1.165) is 32.1 Å². The molecule has 0 spiro atoms. The molecule has 23 heavy (non-hydrogen) atoms. The van der Waals surface area contributed by atoms with Gasteiger partial charge in [-0.05, 0) is 44.3 Å². The van der Waals surface area contributed by atoms with Crippen LogP contribution in [-0.2, 0) is 14.0 Å². The van der Waals surface area contributed by atoms with Gasteiger partial charge in [-0.25, -0.2) is 0 Å². The highest BCUT2D eigenvalue weighted by Crippen LogP contribution is 2.38. The monoisotopic (exact) mass is 344 g/mol. The lowest BCUT2D eigenvalue weighted by Gasteiger charge is -2.40. The van der Waals surface area contributed by atoms with Gasteiger partial charge in [-0.15, -0.1) is 0 Å². The third-order valence-electron chi connectivity index (χ3n) is 5.19. The van der Waals surface area contributed by atoms with E-state index >= 15 is 0 Å². The number of carbonyl (C=O) groups is 1. The molecule has 1 heterocycles. The number of rotatable bonds is 2. The Morgan fingerprint density at radius 2 is 1.78 bits per heavy atom. The molecule has 0 radical (unpaired) electrons. The van der Waals surface area contributed by atoms with Crippen molar-refractivity contribution in [2.45, 2.75) is 109 Å². The van der Waals surface area contributed by atoms with Crippen LogP contribution < -0.4 is 0 Å². The number of hydrogen-bond donors (Lipinski definition) is 1. The smallest absolute Gasteiger partial charge is 0.306 e. The van der Waals surface area contributed by atoms with Crippen LogP contribution in [0.15, 0.2) is 0 Å². The second kappa shape index (κ2) is 8.63. The molecule has 1 unspecified atom stereocenters. The van der Waals surface area contributed by atoms with Crippen LogP contribution in [0.2, 0.25) is 18.1 Å². The van der Waals surface area contributed by atoms with E-state index in [2.05, 4.69) is 33.9 Å². The normalized spacial score (nSPS) is 29.3. The lowest BCUT2D eigenvalue weighted by Crippen LogP contribution is -2.44. The largest absolute Gasteiger partial charge is 0.463 e. The Balaban J connectivity index is 2.73. The first-order valence-electron chi connectivity index (χ1n) is 9.06. The molecule has 0 aromatic carbocycles. The molecule has 136 valence electrons. The van der Waals surface area contributed by atoms with E-state index in [0.29, 0.717) is 12.8 Å². The lowest BCUT2D eigenvalue weighted by atomic mass is 10.0. The zero-order chi connectivity index (χ0) is 17.7. The van der Waals surface area contributed by atoms with Gasteiger partial charge in [0.2, 0.25) is 0 Å². The number of esters is 1. The van der Waals surface area contributed by atoms with Crippen molar-refractivity contribution in [3.8, 4) is 0 Å². The SMILES string of the molecule is C[C@H]1C[C@@H](O[Si](C)(C)C(C)(C)C)CCCCC(O)CCC(=O)O1. The summed E-state index contributed by atoms with van der Waals surface area (Å²) in [6.45, 7) is 13.2. The highest BCUT2D eigenvalue weighted by Gasteiger charge is 2.39. The van der Waals surface area contributed by atoms with Gasteiger partial charge in [-0.1, -0.05) is 33.6 Å². The summed E-state index contributed by atoms with van der Waals surface area (Å²) in [6.07, 6.45) is 4.96. The van der Waals surface area contributed by atoms with E-state index in [4.69, 9.17) is 9.16 Å². The summed E-state index contributed by atoms with van der Waals surface area (Å²) in [4.78, 5) is 11.8. The topological polar surface area (TPSA) is 55.8 Å². The van der Waals surface area contributed by atoms with E-state index in [-0.39, 0.29) is 23.2 Å². The van der Waals surface area contributed by atoms with Crippen LogP contribution in [0.3, 0.4) is 0 Å². The molecule has 1 saturated heterocycles. The van der Waals surface area contributed by atoms with Crippen molar-refractivity contribution in [1.82, 2.24) is 0 Å². The van der Waals surface area contributed by atoms with E-state index in [1.807, 2.05) is 6.92 Å². The number of ether oxygens (including phenoxy) is 1. The fraction of sp³-hybridized carbons (Fsp3) is 0.944. The van der Waals surface area contributed by atoms with Crippen LogP contribution in [0.4, 0.5) is 0 Å². The van der Waals surface area contributed by atoms with Gasteiger partial charge in [0.1, 0.15) is 6.10 Å². The second-order valence-electron chi connectivity index (χ2n) is 8.51. The molecule has 1 aliphatic heterocycles. The Bertz CT molecular complexity index is 376. The van der Waals surface area contributed by atoms with Crippen molar-refractivity contribution >= 4 is 14.3 Å². The molecule has 1 rings (SSSR count). The summed E-state index contributed by atoms with van der Waals surface area (Å²) in [6, 6.07) is 0. The van der Waals surface area contributed by atoms with Gasteiger partial charge in [0.25, 0.3) is 0 Å². The molecule has 3 atom stereocenters. The molecule has 0 aromatic heterocycles. The van der Waals surface area contributed by atoms with Gasteiger partial charge in [-0.2, -0.15) is 0 Å². The van der Waals surface area contributed by atoms with Gasteiger partial charge in [0.05, 0.1) is 6.10 Å². The molecular formula is C18H36O4Si. The molecule has 1 aliphatic rings. The molecule has 0 aromatic rings. The van der Waals surface area contributed by atoms with E-state index in [9.17, 15) is 9.90 Å². The van der Waals surface area contributed by atoms with Gasteiger partial charge in [-0.3, -0.25) is 4.79 Å². The minimum Gasteiger partial charge on any atom is -0.463 e. The van der Waals surface area contributed by atoms with Gasteiger partial charge in [0.15, 0.2) is 8.32 Å². The molecule has 0 saturated carbocycles. The fourth-order valence-corrected chi connectivity index (χ4v) is 4.10. The maximum Gasteiger partial charge on any atom is 0.306 e. The number of aliphatic hydroxyl groups excluding tert-OH is 1. The third-order valence-corrected chi connectivity index (χ3v) is 9.73. The zero-order valence-electron chi connectivity index (χ0n) is 15.9. The minimum absolute atomic E-state index is 0.131. The van der Waals surface area contributed by atoms with E-state index in [1.165, 1.54) is 0 Å². The van der Waals surface area contributed by atoms with Crippen molar-refractivity contribution in [2.24, 2.45) is 0 Å². The van der Waals surface area contributed by atoms with Gasteiger partial charge in [0, 0.05) is 18.9 Å². The summed E-state index contributed by atoms with van der Waals surface area (Å²) in [5.41, 5.74) is 0. The van der Waals surface area contributed by atoms with E-state index < -0.39 is 14.4 Å². The Morgan fingerprint density at radius 1 is 1.17 bits per heavy atom. The van der Waals surface area contributed by atoms with Gasteiger partial charge < -0.3 is 14.3 Å². The molecule has 1 N–H and O–H groups in total. The Kier molecular flexibility index (Phi) is 7.75. The standard InChI is InChI=1S/C18H36O4Si/c1-14-13-16(22-23(5,6)18(2,3)4)10-8-7-9-15(19)11-12-17(20)21-14/h14-16,19H,7-13H2,1-6H3/t14-,15?,16-/m0/s1. The van der Waals surface area contributed by atoms with Crippen LogP contribution >= 0.6 is 0 Å². The summed E-state index contributed by atoms with van der Waals surface area (Å²) in [5.74, 6) is -0.205.